The number of halogens is 1. The van der Waals surface area contributed by atoms with E-state index in [9.17, 15) is 8.42 Å². The first-order valence-corrected chi connectivity index (χ1v) is 10.1. The van der Waals surface area contributed by atoms with Gasteiger partial charge in [-0.25, -0.2) is 13.4 Å². The number of morpholine rings is 1. The molecule has 3 aliphatic rings. The molecule has 1 aromatic rings. The number of pyridine rings is 1. The zero-order valence-corrected chi connectivity index (χ0v) is 14.7. The Hall–Kier alpha value is -0.850. The van der Waals surface area contributed by atoms with Crippen LogP contribution in [0.5, 0.6) is 0 Å². The van der Waals surface area contributed by atoms with Crippen LogP contribution in [-0.4, -0.2) is 44.5 Å². The van der Waals surface area contributed by atoms with Crippen LogP contribution in [-0.2, 0) is 19.3 Å². The predicted octanol–water partition coefficient (Wildman–Crippen LogP) is 2.53. The van der Waals surface area contributed by atoms with Gasteiger partial charge in [0, 0.05) is 6.54 Å². The fourth-order valence-corrected chi connectivity index (χ4v) is 6.23. The van der Waals surface area contributed by atoms with E-state index in [-0.39, 0.29) is 11.3 Å². The first-order valence-electron chi connectivity index (χ1n) is 8.20. The van der Waals surface area contributed by atoms with Gasteiger partial charge in [0.15, 0.2) is 9.84 Å². The van der Waals surface area contributed by atoms with Gasteiger partial charge >= 0.3 is 0 Å². The highest BCUT2D eigenvalue weighted by Crippen LogP contribution is 2.57. The first kappa shape index (κ1) is 15.7. The third-order valence-corrected chi connectivity index (χ3v) is 8.46. The molecule has 23 heavy (non-hydrogen) atoms. The van der Waals surface area contributed by atoms with Gasteiger partial charge in [0.05, 0.1) is 29.3 Å². The van der Waals surface area contributed by atoms with Gasteiger partial charge in [-0.3, -0.25) is 0 Å². The van der Waals surface area contributed by atoms with Crippen molar-refractivity contribution in [1.29, 1.82) is 0 Å². The Balaban J connectivity index is 1.73. The summed E-state index contributed by atoms with van der Waals surface area (Å²) in [6, 6.07) is 3.88. The maximum Gasteiger partial charge on any atom is 0.163 e. The summed E-state index contributed by atoms with van der Waals surface area (Å²) >= 11 is 6.23. The molecule has 5 nitrogen and oxygen atoms in total. The molecule has 0 spiro atoms. The average molecular weight is 357 g/mol. The SMILES string of the molecule is CC1COCCN1c1cc(C2(S(=O)(=O)C3CC3)CC2)cc(Cl)n1. The second-order valence-electron chi connectivity index (χ2n) is 6.89. The molecule has 1 aromatic heterocycles. The highest BCUT2D eigenvalue weighted by Gasteiger charge is 2.60. The minimum absolute atomic E-state index is 0.150. The zero-order chi connectivity index (χ0) is 16.2. The van der Waals surface area contributed by atoms with Gasteiger partial charge in [-0.05, 0) is 50.3 Å². The number of hydrogen-bond donors (Lipinski definition) is 0. The molecule has 1 aliphatic heterocycles. The minimum atomic E-state index is -3.11. The molecule has 0 aromatic carbocycles. The van der Waals surface area contributed by atoms with Crippen molar-refractivity contribution < 1.29 is 13.2 Å². The molecular formula is C16H21ClN2O3S. The van der Waals surface area contributed by atoms with Crippen molar-refractivity contribution >= 4 is 27.3 Å². The number of rotatable bonds is 4. The van der Waals surface area contributed by atoms with Crippen molar-refractivity contribution in [3.63, 3.8) is 0 Å². The van der Waals surface area contributed by atoms with E-state index in [1.54, 1.807) is 6.07 Å². The molecule has 1 saturated heterocycles. The summed E-state index contributed by atoms with van der Waals surface area (Å²) in [7, 11) is -3.11. The molecule has 3 fully saturated rings. The van der Waals surface area contributed by atoms with E-state index >= 15 is 0 Å². The summed E-state index contributed by atoms with van der Waals surface area (Å²) < 4.78 is 30.4. The zero-order valence-electron chi connectivity index (χ0n) is 13.2. The fraction of sp³-hybridized carbons (Fsp3) is 0.688. The minimum Gasteiger partial charge on any atom is -0.377 e. The monoisotopic (exact) mass is 356 g/mol. The van der Waals surface area contributed by atoms with Crippen LogP contribution < -0.4 is 4.90 Å². The Labute approximate surface area is 141 Å². The van der Waals surface area contributed by atoms with E-state index in [0.29, 0.717) is 31.2 Å². The molecule has 1 atom stereocenters. The lowest BCUT2D eigenvalue weighted by Crippen LogP contribution is -2.44. The van der Waals surface area contributed by atoms with E-state index in [0.717, 1.165) is 30.8 Å². The highest BCUT2D eigenvalue weighted by molar-refractivity contribution is 7.93. The number of ether oxygens (including phenoxy) is 1. The largest absolute Gasteiger partial charge is 0.377 e. The average Bonchev–Trinajstić information content (AvgIpc) is 3.39. The van der Waals surface area contributed by atoms with Crippen LogP contribution in [0.15, 0.2) is 12.1 Å². The smallest absolute Gasteiger partial charge is 0.163 e. The van der Waals surface area contributed by atoms with Gasteiger partial charge in [-0.2, -0.15) is 0 Å². The lowest BCUT2D eigenvalue weighted by atomic mass is 10.1. The molecule has 0 N–H and O–H groups in total. The number of aromatic nitrogens is 1. The van der Waals surface area contributed by atoms with E-state index in [1.807, 2.05) is 6.07 Å². The Morgan fingerprint density at radius 1 is 1.35 bits per heavy atom. The highest BCUT2D eigenvalue weighted by atomic mass is 35.5. The Kier molecular flexibility index (Phi) is 3.63. The molecule has 0 radical (unpaired) electrons. The van der Waals surface area contributed by atoms with Gasteiger partial charge in [0.1, 0.15) is 11.0 Å². The predicted molar refractivity (Wildman–Crippen MR) is 89.7 cm³/mol. The van der Waals surface area contributed by atoms with Crippen LogP contribution in [0.3, 0.4) is 0 Å². The van der Waals surface area contributed by atoms with Crippen LogP contribution in [0.2, 0.25) is 5.15 Å². The van der Waals surface area contributed by atoms with Gasteiger partial charge in [0.2, 0.25) is 0 Å². The van der Waals surface area contributed by atoms with E-state index in [4.69, 9.17) is 16.3 Å². The second-order valence-corrected chi connectivity index (χ2v) is 9.82. The molecule has 0 bridgehead atoms. The molecule has 0 amide bonds. The number of anilines is 1. The van der Waals surface area contributed by atoms with Crippen LogP contribution >= 0.6 is 11.6 Å². The molecular weight excluding hydrogens is 336 g/mol. The summed E-state index contributed by atoms with van der Waals surface area (Å²) in [5.41, 5.74) is 0.818. The molecule has 2 saturated carbocycles. The Morgan fingerprint density at radius 2 is 2.09 bits per heavy atom. The quantitative estimate of drug-likeness (QED) is 0.776. The first-order chi connectivity index (χ1) is 10.9. The van der Waals surface area contributed by atoms with Crippen LogP contribution in [0.1, 0.15) is 38.2 Å². The molecule has 7 heteroatoms. The van der Waals surface area contributed by atoms with Gasteiger partial charge < -0.3 is 9.64 Å². The van der Waals surface area contributed by atoms with Crippen molar-refractivity contribution in [2.24, 2.45) is 0 Å². The third-order valence-electron chi connectivity index (χ3n) is 5.18. The molecule has 1 unspecified atom stereocenters. The second kappa shape index (κ2) is 5.33. The van der Waals surface area contributed by atoms with Gasteiger partial charge in [-0.1, -0.05) is 11.6 Å². The summed E-state index contributed by atoms with van der Waals surface area (Å²) in [6.07, 6.45) is 3.00. The standard InChI is InChI=1S/C16H21ClN2O3S/c1-11-10-22-7-6-19(11)15-9-12(8-14(17)18-15)16(4-5-16)23(20,21)13-2-3-13/h8-9,11,13H,2-7,10H2,1H3. The van der Waals surface area contributed by atoms with Crippen molar-refractivity contribution in [3.05, 3.63) is 22.8 Å². The summed E-state index contributed by atoms with van der Waals surface area (Å²) in [5.74, 6) is 0.764. The van der Waals surface area contributed by atoms with Crippen molar-refractivity contribution in [3.8, 4) is 0 Å². The van der Waals surface area contributed by atoms with Gasteiger partial charge in [-0.15, -0.1) is 0 Å². The lowest BCUT2D eigenvalue weighted by Gasteiger charge is -2.34. The third kappa shape index (κ3) is 2.55. The number of sulfone groups is 1. The topological polar surface area (TPSA) is 59.5 Å². The molecule has 126 valence electrons. The van der Waals surface area contributed by atoms with Crippen LogP contribution in [0, 0.1) is 0 Å². The van der Waals surface area contributed by atoms with E-state index in [2.05, 4.69) is 16.8 Å². The van der Waals surface area contributed by atoms with Crippen molar-refractivity contribution in [1.82, 2.24) is 4.98 Å². The van der Waals surface area contributed by atoms with Crippen LogP contribution in [0.4, 0.5) is 5.82 Å². The maximum absolute atomic E-state index is 12.8. The maximum atomic E-state index is 12.8. The van der Waals surface area contributed by atoms with Crippen molar-refractivity contribution in [2.75, 3.05) is 24.7 Å². The van der Waals surface area contributed by atoms with Crippen LogP contribution in [0.25, 0.3) is 0 Å². The number of hydrogen-bond acceptors (Lipinski definition) is 5. The molecule has 2 heterocycles. The fourth-order valence-electron chi connectivity index (χ4n) is 3.51. The van der Waals surface area contributed by atoms with E-state index in [1.165, 1.54) is 0 Å². The van der Waals surface area contributed by atoms with Gasteiger partial charge in [0.25, 0.3) is 0 Å². The normalized spacial score (nSPS) is 27.0. The Bertz CT molecular complexity index is 729. The van der Waals surface area contributed by atoms with Crippen molar-refractivity contribution in [2.45, 2.75) is 48.6 Å². The summed E-state index contributed by atoms with van der Waals surface area (Å²) in [5, 5.41) is 0.219. The van der Waals surface area contributed by atoms with E-state index < -0.39 is 14.6 Å². The Morgan fingerprint density at radius 3 is 2.70 bits per heavy atom. The number of nitrogens with zero attached hydrogens (tertiary/aromatic N) is 2. The summed E-state index contributed by atoms with van der Waals surface area (Å²) in [4.78, 5) is 6.58. The summed E-state index contributed by atoms with van der Waals surface area (Å²) in [6.45, 7) is 4.12. The lowest BCUT2D eigenvalue weighted by molar-refractivity contribution is 0.0985. The molecule has 2 aliphatic carbocycles. The molecule has 4 rings (SSSR count).